The highest BCUT2D eigenvalue weighted by atomic mass is 35.5. The molecule has 13 heteroatoms. The Morgan fingerprint density at radius 3 is 1.68 bits per heavy atom. The fourth-order valence-electron chi connectivity index (χ4n) is 5.33. The van der Waals surface area contributed by atoms with E-state index in [2.05, 4.69) is 40.8 Å². The van der Waals surface area contributed by atoms with E-state index in [0.29, 0.717) is 47.1 Å². The molecule has 1 aromatic carbocycles. The second-order valence-corrected chi connectivity index (χ2v) is 12.0. The maximum atomic E-state index is 6.41. The summed E-state index contributed by atoms with van der Waals surface area (Å²) in [5, 5.41) is 11.3. The highest BCUT2D eigenvalue weighted by Crippen LogP contribution is 2.36. The molecule has 240 valence electrons. The molecule has 10 nitrogen and oxygen atoms in total. The van der Waals surface area contributed by atoms with Crippen LogP contribution >= 0.6 is 34.8 Å². The molecule has 2 aromatic heterocycles. The van der Waals surface area contributed by atoms with E-state index >= 15 is 0 Å². The molecule has 3 aromatic rings. The van der Waals surface area contributed by atoms with Gasteiger partial charge in [-0.2, -0.15) is 0 Å². The number of nitrogens with one attached hydrogen (secondary N) is 3. The number of hydrogen-bond donors (Lipinski definition) is 3. The van der Waals surface area contributed by atoms with Crippen molar-refractivity contribution in [3.05, 3.63) is 56.8 Å². The number of piperidine rings is 2. The van der Waals surface area contributed by atoms with Crippen LogP contribution in [-0.2, 0) is 6.54 Å². The highest BCUT2D eigenvalue weighted by Gasteiger charge is 2.21. The highest BCUT2D eigenvalue weighted by molar-refractivity contribution is 6.33. The maximum absolute atomic E-state index is 6.41. The van der Waals surface area contributed by atoms with E-state index in [1.807, 2.05) is 52.0 Å². The third kappa shape index (κ3) is 10.8. The Morgan fingerprint density at radius 2 is 1.23 bits per heavy atom. The van der Waals surface area contributed by atoms with Crippen LogP contribution in [0.1, 0.15) is 56.5 Å². The normalized spacial score (nSPS) is 16.2. The summed E-state index contributed by atoms with van der Waals surface area (Å²) >= 11 is 18.2. The molecule has 0 amide bonds. The van der Waals surface area contributed by atoms with Gasteiger partial charge in [0, 0.05) is 55.2 Å². The predicted molar refractivity (Wildman–Crippen MR) is 179 cm³/mol. The smallest absolute Gasteiger partial charge is 0.224 e. The molecule has 4 heterocycles. The molecule has 0 unspecified atom stereocenters. The molecule has 0 bridgehead atoms. The summed E-state index contributed by atoms with van der Waals surface area (Å²) in [5.74, 6) is 2.99. The van der Waals surface area contributed by atoms with Gasteiger partial charge < -0.3 is 25.4 Å². The average molecular weight is 666 g/mol. The van der Waals surface area contributed by atoms with E-state index < -0.39 is 0 Å². The van der Waals surface area contributed by atoms with Gasteiger partial charge in [0.1, 0.15) is 28.2 Å². The fourth-order valence-corrected chi connectivity index (χ4v) is 6.00. The number of hydrogen-bond acceptors (Lipinski definition) is 10. The van der Waals surface area contributed by atoms with E-state index in [0.717, 1.165) is 87.0 Å². The lowest BCUT2D eigenvalue weighted by Gasteiger charge is -2.32. The molecule has 44 heavy (non-hydrogen) atoms. The third-order valence-corrected chi connectivity index (χ3v) is 8.07. The van der Waals surface area contributed by atoms with E-state index in [1.54, 1.807) is 0 Å². The quantitative estimate of drug-likeness (QED) is 0.206. The van der Waals surface area contributed by atoms with Crippen LogP contribution in [0.5, 0.6) is 11.5 Å². The van der Waals surface area contributed by atoms with Crippen molar-refractivity contribution in [2.45, 2.75) is 72.0 Å². The lowest BCUT2D eigenvalue weighted by molar-refractivity contribution is 0.210. The van der Waals surface area contributed by atoms with E-state index in [-0.39, 0.29) is 5.28 Å². The number of aryl methyl sites for hydroxylation is 2. The summed E-state index contributed by atoms with van der Waals surface area (Å²) in [6, 6.07) is 8.76. The largest absolute Gasteiger partial charge is 0.492 e. The summed E-state index contributed by atoms with van der Waals surface area (Å²) in [4.78, 5) is 19.0. The number of nitrogens with zero attached hydrogens (tertiary/aromatic N) is 5. The van der Waals surface area contributed by atoms with Gasteiger partial charge in [-0.15, -0.1) is 0 Å². The van der Waals surface area contributed by atoms with Crippen LogP contribution in [0, 0.1) is 13.8 Å². The molecule has 5 rings (SSSR count). The van der Waals surface area contributed by atoms with Crippen LogP contribution < -0.4 is 25.4 Å². The minimum Gasteiger partial charge on any atom is -0.492 e. The van der Waals surface area contributed by atoms with Gasteiger partial charge in [-0.3, -0.25) is 4.90 Å². The molecule has 0 spiro atoms. The van der Waals surface area contributed by atoms with Crippen molar-refractivity contribution >= 4 is 46.4 Å². The Morgan fingerprint density at radius 1 is 0.750 bits per heavy atom. The van der Waals surface area contributed by atoms with Crippen LogP contribution in [0.3, 0.4) is 0 Å². The summed E-state index contributed by atoms with van der Waals surface area (Å²) in [5.41, 5.74) is 2.90. The number of rotatable bonds is 10. The number of aromatic nitrogens is 4. The van der Waals surface area contributed by atoms with Crippen LogP contribution in [0.25, 0.3) is 0 Å². The van der Waals surface area contributed by atoms with Crippen LogP contribution in [0.15, 0.2) is 24.3 Å². The van der Waals surface area contributed by atoms with Crippen LogP contribution in [0.4, 0.5) is 11.6 Å². The van der Waals surface area contributed by atoms with Crippen molar-refractivity contribution < 1.29 is 9.47 Å². The number of halogens is 3. The van der Waals surface area contributed by atoms with E-state index in [1.165, 1.54) is 0 Å². The average Bonchev–Trinajstić information content (AvgIpc) is 2.97. The molecule has 0 saturated carbocycles. The number of ether oxygens (including phenoxy) is 2. The zero-order chi connectivity index (χ0) is 31.5. The minimum atomic E-state index is 0.280. The summed E-state index contributed by atoms with van der Waals surface area (Å²) in [6.07, 6.45) is 4.32. The zero-order valence-electron chi connectivity index (χ0n) is 25.9. The van der Waals surface area contributed by atoms with Crippen molar-refractivity contribution in [3.63, 3.8) is 0 Å². The SMILES string of the molecule is CCOc1cc(CN2CCC(Nc3cc(C)nc(Cl)n3)CC2)cc(OCC)c1Cl.Cc1cc(NC2CCNCC2)nc(Cl)n1. The Bertz CT molecular complexity index is 1280. The standard InChI is InChI=1S/C21H28Cl2N4O2.C10H15ClN4/c1-4-28-17-11-15(12-18(20(17)22)29-5-2)13-27-8-6-16(7-9-27)25-19-10-14(3)24-21(23)26-19;1-7-6-9(15-10(11)13-7)14-8-2-4-12-5-3-8/h10-12,16H,4-9,13H2,1-3H3,(H,24,25,26);6,8,12H,2-5H2,1H3,(H,13,14,15). The summed E-state index contributed by atoms with van der Waals surface area (Å²) in [6.45, 7) is 13.8. The molecular formula is C31H43Cl3N8O2. The Kier molecular flexibility index (Phi) is 13.4. The lowest BCUT2D eigenvalue weighted by Crippen LogP contribution is -2.38. The van der Waals surface area contributed by atoms with Crippen molar-refractivity contribution in [2.24, 2.45) is 0 Å². The second-order valence-electron chi connectivity index (χ2n) is 11.0. The molecule has 0 radical (unpaired) electrons. The van der Waals surface area contributed by atoms with E-state index in [4.69, 9.17) is 44.3 Å². The number of anilines is 2. The topological polar surface area (TPSA) is 109 Å². The van der Waals surface area contributed by atoms with Gasteiger partial charge in [0.2, 0.25) is 10.6 Å². The molecule has 0 atom stereocenters. The molecule has 2 fully saturated rings. The van der Waals surface area contributed by atoms with Crippen molar-refractivity contribution in [1.82, 2.24) is 30.2 Å². The molecule has 2 aliphatic heterocycles. The monoisotopic (exact) mass is 664 g/mol. The van der Waals surface area contributed by atoms with E-state index in [9.17, 15) is 0 Å². The van der Waals surface area contributed by atoms with Gasteiger partial charge in [-0.05, 0) is 107 Å². The lowest BCUT2D eigenvalue weighted by atomic mass is 10.0. The first-order chi connectivity index (χ1) is 21.2. The van der Waals surface area contributed by atoms with Gasteiger partial charge in [0.25, 0.3) is 0 Å². The van der Waals surface area contributed by atoms with Gasteiger partial charge >= 0.3 is 0 Å². The summed E-state index contributed by atoms with van der Waals surface area (Å²) in [7, 11) is 0. The second kappa shape index (κ2) is 17.2. The molecular weight excluding hydrogens is 623 g/mol. The number of benzene rings is 1. The Balaban J connectivity index is 0.000000246. The molecule has 3 N–H and O–H groups in total. The van der Waals surface area contributed by atoms with Gasteiger partial charge in [-0.1, -0.05) is 11.6 Å². The van der Waals surface area contributed by atoms with Crippen LogP contribution in [-0.4, -0.2) is 76.3 Å². The fraction of sp³-hybridized carbons (Fsp3) is 0.548. The Labute approximate surface area is 275 Å². The van der Waals surface area contributed by atoms with Crippen LogP contribution in [0.2, 0.25) is 15.6 Å². The number of likely N-dealkylation sites (tertiary alicyclic amines) is 1. The first kappa shape index (κ1) is 34.2. The first-order valence-electron chi connectivity index (χ1n) is 15.3. The van der Waals surface area contributed by atoms with Crippen molar-refractivity contribution in [2.75, 3.05) is 50.0 Å². The Hall–Kier alpha value is -2.63. The predicted octanol–water partition coefficient (Wildman–Crippen LogP) is 6.57. The zero-order valence-corrected chi connectivity index (χ0v) is 28.2. The molecule has 2 saturated heterocycles. The van der Waals surface area contributed by atoms with Crippen molar-refractivity contribution in [3.8, 4) is 11.5 Å². The van der Waals surface area contributed by atoms with Gasteiger partial charge in [0.15, 0.2) is 0 Å². The molecule has 0 aliphatic carbocycles. The van der Waals surface area contributed by atoms with Crippen molar-refractivity contribution in [1.29, 1.82) is 0 Å². The van der Waals surface area contributed by atoms with Gasteiger partial charge in [0.05, 0.1) is 13.2 Å². The minimum absolute atomic E-state index is 0.280. The first-order valence-corrected chi connectivity index (χ1v) is 16.4. The molecule has 2 aliphatic rings. The third-order valence-electron chi connectivity index (χ3n) is 7.36. The van der Waals surface area contributed by atoms with Gasteiger partial charge in [-0.25, -0.2) is 19.9 Å². The maximum Gasteiger partial charge on any atom is 0.224 e. The summed E-state index contributed by atoms with van der Waals surface area (Å²) < 4.78 is 11.4.